The molecule has 0 spiro atoms. The molecular formula is C17H21N3S. The highest BCUT2D eigenvalue weighted by molar-refractivity contribution is 7.07. The molecule has 0 saturated heterocycles. The third-order valence-corrected chi connectivity index (χ3v) is 5.01. The Morgan fingerprint density at radius 3 is 2.86 bits per heavy atom. The summed E-state index contributed by atoms with van der Waals surface area (Å²) in [5.41, 5.74) is 4.12. The minimum Gasteiger partial charge on any atom is -0.363 e. The van der Waals surface area contributed by atoms with Crippen LogP contribution in [-0.2, 0) is 13.1 Å². The maximum atomic E-state index is 4.38. The number of nitrogens with zero attached hydrogens (tertiary/aromatic N) is 2. The zero-order chi connectivity index (χ0) is 14.1. The van der Waals surface area contributed by atoms with E-state index < -0.39 is 0 Å². The second-order valence-corrected chi connectivity index (χ2v) is 6.93. The smallest absolute Gasteiger partial charge is 0.0603 e. The van der Waals surface area contributed by atoms with Gasteiger partial charge in [-0.25, -0.2) is 0 Å². The molecule has 2 heterocycles. The van der Waals surface area contributed by atoms with Gasteiger partial charge in [-0.05, 0) is 59.7 Å². The average molecular weight is 299 g/mol. The number of thiophene rings is 1. The van der Waals surface area contributed by atoms with Crippen molar-refractivity contribution < 1.29 is 0 Å². The number of anilines is 1. The van der Waals surface area contributed by atoms with E-state index in [9.17, 15) is 0 Å². The second-order valence-electron chi connectivity index (χ2n) is 6.15. The third kappa shape index (κ3) is 3.27. The number of aromatic nitrogens is 1. The first-order chi connectivity index (χ1) is 10.4. The van der Waals surface area contributed by atoms with Crippen LogP contribution >= 0.6 is 11.3 Å². The normalized spacial score (nSPS) is 17.9. The third-order valence-electron chi connectivity index (χ3n) is 4.28. The fourth-order valence-corrected chi connectivity index (χ4v) is 3.40. The van der Waals surface area contributed by atoms with Gasteiger partial charge in [0.15, 0.2) is 0 Å². The van der Waals surface area contributed by atoms with E-state index in [0.29, 0.717) is 6.04 Å². The first-order valence-corrected chi connectivity index (χ1v) is 8.78. The van der Waals surface area contributed by atoms with E-state index in [1.54, 1.807) is 11.3 Å². The summed E-state index contributed by atoms with van der Waals surface area (Å²) in [4.78, 5) is 6.94. The molecule has 2 fully saturated rings. The van der Waals surface area contributed by atoms with Crippen LogP contribution in [0, 0.1) is 0 Å². The van der Waals surface area contributed by atoms with Gasteiger partial charge in [0.05, 0.1) is 11.9 Å². The Bertz CT molecular complexity index is 588. The van der Waals surface area contributed by atoms with E-state index in [1.165, 1.54) is 42.5 Å². The lowest BCUT2D eigenvalue weighted by molar-refractivity contribution is 0.680. The van der Waals surface area contributed by atoms with Crippen LogP contribution < -0.4 is 10.2 Å². The Kier molecular flexibility index (Phi) is 3.65. The van der Waals surface area contributed by atoms with E-state index in [-0.39, 0.29) is 0 Å². The summed E-state index contributed by atoms with van der Waals surface area (Å²) in [5.74, 6) is 0. The minimum atomic E-state index is 0.703. The largest absolute Gasteiger partial charge is 0.363 e. The topological polar surface area (TPSA) is 28.2 Å². The van der Waals surface area contributed by atoms with Crippen LogP contribution in [0.1, 0.15) is 36.8 Å². The minimum absolute atomic E-state index is 0.703. The standard InChI is InChI=1S/C17H21N3S/c1-2-15(1)19-9-14-5-7-18-10-17(14)20(16-3-4-16)11-13-6-8-21-12-13/h5-8,10,12,15-16,19H,1-4,9,11H2. The van der Waals surface area contributed by atoms with Gasteiger partial charge in [0, 0.05) is 31.4 Å². The van der Waals surface area contributed by atoms with E-state index in [4.69, 9.17) is 0 Å². The van der Waals surface area contributed by atoms with Gasteiger partial charge in [0.2, 0.25) is 0 Å². The van der Waals surface area contributed by atoms with Crippen molar-refractivity contribution >= 4 is 17.0 Å². The second kappa shape index (κ2) is 5.78. The van der Waals surface area contributed by atoms with Crippen molar-refractivity contribution in [1.29, 1.82) is 0 Å². The van der Waals surface area contributed by atoms with Gasteiger partial charge in [-0.1, -0.05) is 0 Å². The number of pyridine rings is 1. The van der Waals surface area contributed by atoms with Crippen molar-refractivity contribution in [3.8, 4) is 0 Å². The SMILES string of the molecule is c1cc(CNC2CC2)c(N(Cc2ccsc2)C2CC2)cn1. The maximum Gasteiger partial charge on any atom is 0.0603 e. The van der Waals surface area contributed by atoms with Crippen LogP contribution in [0.5, 0.6) is 0 Å². The summed E-state index contributed by atoms with van der Waals surface area (Å²) in [6, 6.07) is 5.86. The van der Waals surface area contributed by atoms with Gasteiger partial charge >= 0.3 is 0 Å². The van der Waals surface area contributed by atoms with Crippen LogP contribution in [0.2, 0.25) is 0 Å². The van der Waals surface area contributed by atoms with Crippen molar-refractivity contribution in [3.63, 3.8) is 0 Å². The van der Waals surface area contributed by atoms with Crippen molar-refractivity contribution in [2.45, 2.75) is 50.9 Å². The molecule has 2 aliphatic carbocycles. The molecule has 4 rings (SSSR count). The van der Waals surface area contributed by atoms with Gasteiger partial charge in [-0.2, -0.15) is 11.3 Å². The van der Waals surface area contributed by atoms with E-state index in [0.717, 1.165) is 19.1 Å². The van der Waals surface area contributed by atoms with Crippen molar-refractivity contribution in [3.05, 3.63) is 46.4 Å². The zero-order valence-electron chi connectivity index (χ0n) is 12.2. The van der Waals surface area contributed by atoms with Crippen LogP contribution in [0.3, 0.4) is 0 Å². The lowest BCUT2D eigenvalue weighted by atomic mass is 10.2. The molecule has 0 amide bonds. The molecule has 0 aromatic carbocycles. The van der Waals surface area contributed by atoms with Gasteiger partial charge < -0.3 is 10.2 Å². The molecule has 0 unspecified atom stereocenters. The summed E-state index contributed by atoms with van der Waals surface area (Å²) >= 11 is 1.78. The lowest BCUT2D eigenvalue weighted by Crippen LogP contribution is -2.27. The van der Waals surface area contributed by atoms with Gasteiger partial charge in [-0.3, -0.25) is 4.98 Å². The molecule has 1 N–H and O–H groups in total. The predicted octanol–water partition coefficient (Wildman–Crippen LogP) is 3.56. The summed E-state index contributed by atoms with van der Waals surface area (Å²) < 4.78 is 0. The molecule has 21 heavy (non-hydrogen) atoms. The van der Waals surface area contributed by atoms with Crippen molar-refractivity contribution in [2.24, 2.45) is 0 Å². The highest BCUT2D eigenvalue weighted by Gasteiger charge is 2.31. The Hall–Kier alpha value is -1.39. The molecule has 2 saturated carbocycles. The molecule has 2 aliphatic rings. The number of hydrogen-bond acceptors (Lipinski definition) is 4. The molecule has 2 aromatic rings. The molecule has 0 radical (unpaired) electrons. The van der Waals surface area contributed by atoms with E-state index in [1.807, 2.05) is 6.20 Å². The van der Waals surface area contributed by atoms with E-state index >= 15 is 0 Å². The van der Waals surface area contributed by atoms with Gasteiger partial charge in [-0.15, -0.1) is 0 Å². The molecular weight excluding hydrogens is 278 g/mol. The fourth-order valence-electron chi connectivity index (χ4n) is 2.74. The molecule has 0 atom stereocenters. The summed E-state index contributed by atoms with van der Waals surface area (Å²) in [7, 11) is 0. The van der Waals surface area contributed by atoms with E-state index in [2.05, 4.69) is 44.3 Å². The molecule has 110 valence electrons. The summed E-state index contributed by atoms with van der Waals surface area (Å²) in [6.07, 6.45) is 9.27. The fraction of sp³-hybridized carbons (Fsp3) is 0.471. The highest BCUT2D eigenvalue weighted by Crippen LogP contribution is 2.35. The summed E-state index contributed by atoms with van der Waals surface area (Å²) in [5, 5.41) is 8.06. The Balaban J connectivity index is 1.56. The Morgan fingerprint density at radius 1 is 1.24 bits per heavy atom. The van der Waals surface area contributed by atoms with Crippen molar-refractivity contribution in [1.82, 2.24) is 10.3 Å². The van der Waals surface area contributed by atoms with Gasteiger partial charge in [0.25, 0.3) is 0 Å². The van der Waals surface area contributed by atoms with Crippen LogP contribution in [0.4, 0.5) is 5.69 Å². The molecule has 3 nitrogen and oxygen atoms in total. The first-order valence-electron chi connectivity index (χ1n) is 7.84. The first kappa shape index (κ1) is 13.3. The highest BCUT2D eigenvalue weighted by atomic mass is 32.1. The number of rotatable bonds is 7. The lowest BCUT2D eigenvalue weighted by Gasteiger charge is -2.26. The molecule has 2 aromatic heterocycles. The summed E-state index contributed by atoms with van der Waals surface area (Å²) in [6.45, 7) is 1.98. The molecule has 0 aliphatic heterocycles. The Morgan fingerprint density at radius 2 is 2.14 bits per heavy atom. The monoisotopic (exact) mass is 299 g/mol. The van der Waals surface area contributed by atoms with Crippen LogP contribution in [0.15, 0.2) is 35.3 Å². The number of hydrogen-bond donors (Lipinski definition) is 1. The average Bonchev–Trinajstić information content (AvgIpc) is 3.44. The van der Waals surface area contributed by atoms with Crippen LogP contribution in [-0.4, -0.2) is 17.1 Å². The number of nitrogens with one attached hydrogen (secondary N) is 1. The predicted molar refractivity (Wildman–Crippen MR) is 87.6 cm³/mol. The van der Waals surface area contributed by atoms with Crippen LogP contribution in [0.25, 0.3) is 0 Å². The Labute approximate surface area is 130 Å². The van der Waals surface area contributed by atoms with Gasteiger partial charge in [0.1, 0.15) is 0 Å². The van der Waals surface area contributed by atoms with Crippen molar-refractivity contribution in [2.75, 3.05) is 4.90 Å². The maximum absolute atomic E-state index is 4.38. The molecule has 0 bridgehead atoms. The molecule has 4 heteroatoms. The quantitative estimate of drug-likeness (QED) is 0.847. The zero-order valence-corrected chi connectivity index (χ0v) is 13.0.